The molecule has 0 saturated carbocycles. The molecule has 1 heterocycles. The number of nitrogens with one attached hydrogen (secondary N) is 1. The molecule has 0 aliphatic carbocycles. The Hall–Kier alpha value is -0.910. The van der Waals surface area contributed by atoms with E-state index in [1.807, 2.05) is 18.2 Å². The average Bonchev–Trinajstić information content (AvgIpc) is 2.19. The molecule has 0 fully saturated rings. The SMILES string of the molecule is C=CC(O)NC(=S)Sc1ccccn1. The molecule has 2 N–H and O–H groups in total. The topological polar surface area (TPSA) is 45.1 Å². The molecule has 0 spiro atoms. The fourth-order valence-electron chi connectivity index (χ4n) is 0.712. The van der Waals surface area contributed by atoms with Crippen LogP contribution in [0.15, 0.2) is 42.1 Å². The lowest BCUT2D eigenvalue weighted by atomic mass is 10.5. The van der Waals surface area contributed by atoms with E-state index in [0.717, 1.165) is 5.03 Å². The van der Waals surface area contributed by atoms with E-state index in [4.69, 9.17) is 17.3 Å². The summed E-state index contributed by atoms with van der Waals surface area (Å²) >= 11 is 6.27. The number of rotatable bonds is 3. The molecule has 0 bridgehead atoms. The highest BCUT2D eigenvalue weighted by atomic mass is 32.2. The van der Waals surface area contributed by atoms with Gasteiger partial charge < -0.3 is 10.4 Å². The van der Waals surface area contributed by atoms with Gasteiger partial charge in [-0.25, -0.2) is 4.98 Å². The molecule has 0 radical (unpaired) electrons. The lowest BCUT2D eigenvalue weighted by molar-refractivity contribution is 0.211. The van der Waals surface area contributed by atoms with E-state index in [1.54, 1.807) is 6.20 Å². The van der Waals surface area contributed by atoms with Crippen molar-refractivity contribution >= 4 is 28.3 Å². The summed E-state index contributed by atoms with van der Waals surface area (Å²) in [5, 5.41) is 12.6. The Morgan fingerprint density at radius 3 is 3.07 bits per heavy atom. The van der Waals surface area contributed by atoms with Gasteiger partial charge in [0.25, 0.3) is 0 Å². The minimum Gasteiger partial charge on any atom is -0.370 e. The lowest BCUT2D eigenvalue weighted by Gasteiger charge is -2.09. The van der Waals surface area contributed by atoms with Crippen LogP contribution in [0.1, 0.15) is 0 Å². The second-order valence-corrected chi connectivity index (χ2v) is 4.08. The van der Waals surface area contributed by atoms with Crippen molar-refractivity contribution < 1.29 is 5.11 Å². The zero-order valence-corrected chi connectivity index (χ0v) is 9.02. The maximum Gasteiger partial charge on any atom is 0.144 e. The summed E-state index contributed by atoms with van der Waals surface area (Å²) in [5.41, 5.74) is 0. The maximum absolute atomic E-state index is 9.16. The van der Waals surface area contributed by atoms with Crippen LogP contribution in [0.4, 0.5) is 0 Å². The van der Waals surface area contributed by atoms with E-state index in [2.05, 4.69) is 16.9 Å². The Morgan fingerprint density at radius 2 is 2.50 bits per heavy atom. The fourth-order valence-corrected chi connectivity index (χ4v) is 1.72. The van der Waals surface area contributed by atoms with Gasteiger partial charge in [0.05, 0.1) is 0 Å². The van der Waals surface area contributed by atoms with Crippen LogP contribution >= 0.6 is 24.0 Å². The number of aromatic nitrogens is 1. The van der Waals surface area contributed by atoms with Crippen LogP contribution in [-0.2, 0) is 0 Å². The third-order valence-corrected chi connectivity index (χ3v) is 2.45. The molecule has 3 nitrogen and oxygen atoms in total. The predicted octanol–water partition coefficient (Wildman–Crippen LogP) is 1.55. The van der Waals surface area contributed by atoms with Crippen LogP contribution in [0.25, 0.3) is 0 Å². The largest absolute Gasteiger partial charge is 0.370 e. The standard InChI is InChI=1S/C9H10N2OS2/c1-2-7(12)11-9(13)14-8-5-3-4-6-10-8/h2-7,12H,1H2,(H,11,13). The van der Waals surface area contributed by atoms with Crippen molar-refractivity contribution in [3.63, 3.8) is 0 Å². The lowest BCUT2D eigenvalue weighted by Crippen LogP contribution is -2.29. The highest BCUT2D eigenvalue weighted by molar-refractivity contribution is 8.22. The first-order chi connectivity index (χ1) is 6.72. The second kappa shape index (κ2) is 5.74. The zero-order chi connectivity index (χ0) is 10.4. The van der Waals surface area contributed by atoms with Crippen LogP contribution in [-0.4, -0.2) is 20.6 Å². The minimum atomic E-state index is -0.807. The van der Waals surface area contributed by atoms with E-state index in [-0.39, 0.29) is 0 Å². The Labute approximate surface area is 92.2 Å². The molecule has 1 aromatic heterocycles. The quantitative estimate of drug-likeness (QED) is 0.354. The van der Waals surface area contributed by atoms with Crippen LogP contribution < -0.4 is 5.32 Å². The van der Waals surface area contributed by atoms with Crippen LogP contribution in [0.3, 0.4) is 0 Å². The molecule has 14 heavy (non-hydrogen) atoms. The Morgan fingerprint density at radius 1 is 1.71 bits per heavy atom. The maximum atomic E-state index is 9.16. The van der Waals surface area contributed by atoms with Crippen LogP contribution in [0, 0.1) is 0 Å². The Bertz CT molecular complexity index is 316. The molecule has 5 heteroatoms. The summed E-state index contributed by atoms with van der Waals surface area (Å²) < 4.78 is 0.469. The van der Waals surface area contributed by atoms with Crippen molar-refractivity contribution in [2.24, 2.45) is 0 Å². The van der Waals surface area contributed by atoms with Gasteiger partial charge in [-0.3, -0.25) is 0 Å². The van der Waals surface area contributed by atoms with E-state index in [1.165, 1.54) is 17.8 Å². The first-order valence-corrected chi connectivity index (χ1v) is 5.15. The van der Waals surface area contributed by atoms with E-state index in [9.17, 15) is 0 Å². The molecule has 0 saturated heterocycles. The zero-order valence-electron chi connectivity index (χ0n) is 7.38. The van der Waals surface area contributed by atoms with Gasteiger partial charge in [-0.1, -0.05) is 24.9 Å². The molecule has 1 aromatic rings. The molecule has 1 atom stereocenters. The van der Waals surface area contributed by atoms with Gasteiger partial charge in [-0.05, 0) is 30.0 Å². The third-order valence-electron chi connectivity index (χ3n) is 1.32. The average molecular weight is 226 g/mol. The summed E-state index contributed by atoms with van der Waals surface area (Å²) in [6.07, 6.45) is 2.25. The van der Waals surface area contributed by atoms with Gasteiger partial charge in [0.2, 0.25) is 0 Å². The second-order valence-electron chi connectivity index (χ2n) is 2.38. The number of hydrogen-bond acceptors (Lipinski definition) is 4. The molecular formula is C9H10N2OS2. The third kappa shape index (κ3) is 3.87. The van der Waals surface area contributed by atoms with Gasteiger partial charge in [-0.2, -0.15) is 0 Å². The molecule has 0 aliphatic rings. The predicted molar refractivity (Wildman–Crippen MR) is 62.0 cm³/mol. The minimum absolute atomic E-state index is 0.469. The van der Waals surface area contributed by atoms with E-state index >= 15 is 0 Å². The van der Waals surface area contributed by atoms with Crippen molar-refractivity contribution in [3.8, 4) is 0 Å². The summed E-state index contributed by atoms with van der Waals surface area (Å²) in [6, 6.07) is 5.56. The molecule has 1 unspecified atom stereocenters. The summed E-state index contributed by atoms with van der Waals surface area (Å²) in [7, 11) is 0. The number of thioether (sulfide) groups is 1. The first-order valence-electron chi connectivity index (χ1n) is 3.92. The van der Waals surface area contributed by atoms with Crippen molar-refractivity contribution in [3.05, 3.63) is 37.1 Å². The number of thiocarbonyl (C=S) groups is 1. The Kier molecular flexibility index (Phi) is 4.58. The molecule has 0 aromatic carbocycles. The number of nitrogens with zero attached hydrogens (tertiary/aromatic N) is 1. The highest BCUT2D eigenvalue weighted by Crippen LogP contribution is 2.14. The van der Waals surface area contributed by atoms with Crippen LogP contribution in [0.5, 0.6) is 0 Å². The monoisotopic (exact) mass is 226 g/mol. The number of aliphatic hydroxyl groups excluding tert-OH is 1. The molecular weight excluding hydrogens is 216 g/mol. The van der Waals surface area contributed by atoms with Crippen molar-refractivity contribution in [1.29, 1.82) is 0 Å². The number of hydrogen-bond donors (Lipinski definition) is 2. The van der Waals surface area contributed by atoms with Crippen molar-refractivity contribution in [1.82, 2.24) is 10.3 Å². The summed E-state index contributed by atoms with van der Waals surface area (Å²) in [6.45, 7) is 3.42. The summed E-state index contributed by atoms with van der Waals surface area (Å²) in [4.78, 5) is 4.08. The van der Waals surface area contributed by atoms with Gasteiger partial charge in [0.15, 0.2) is 0 Å². The number of aliphatic hydroxyl groups is 1. The molecule has 0 aliphatic heterocycles. The fraction of sp³-hybridized carbons (Fsp3) is 0.111. The Balaban J connectivity index is 2.46. The van der Waals surface area contributed by atoms with Crippen molar-refractivity contribution in [2.45, 2.75) is 11.3 Å². The molecule has 1 rings (SSSR count). The van der Waals surface area contributed by atoms with Gasteiger partial charge in [-0.15, -0.1) is 0 Å². The van der Waals surface area contributed by atoms with Gasteiger partial charge in [0.1, 0.15) is 15.6 Å². The van der Waals surface area contributed by atoms with Crippen molar-refractivity contribution in [2.75, 3.05) is 0 Å². The van der Waals surface area contributed by atoms with E-state index in [0.29, 0.717) is 4.32 Å². The number of pyridine rings is 1. The first kappa shape index (κ1) is 11.2. The normalized spacial score (nSPS) is 11.8. The van der Waals surface area contributed by atoms with Gasteiger partial charge in [0, 0.05) is 6.20 Å². The summed E-state index contributed by atoms with van der Waals surface area (Å²) in [5.74, 6) is 0. The molecule has 74 valence electrons. The van der Waals surface area contributed by atoms with Crippen LogP contribution in [0.2, 0.25) is 0 Å². The highest BCUT2D eigenvalue weighted by Gasteiger charge is 2.03. The molecule has 0 amide bonds. The van der Waals surface area contributed by atoms with Gasteiger partial charge >= 0.3 is 0 Å². The van der Waals surface area contributed by atoms with E-state index < -0.39 is 6.23 Å². The smallest absolute Gasteiger partial charge is 0.144 e.